The summed E-state index contributed by atoms with van der Waals surface area (Å²) in [4.78, 5) is 24.4. The second-order valence-electron chi connectivity index (χ2n) is 5.80. The summed E-state index contributed by atoms with van der Waals surface area (Å²) in [6.45, 7) is 1.58. The van der Waals surface area contributed by atoms with E-state index in [-0.39, 0.29) is 18.6 Å². The molecule has 0 aliphatic heterocycles. The van der Waals surface area contributed by atoms with Gasteiger partial charge in [0.05, 0.1) is 11.6 Å². The lowest BCUT2D eigenvalue weighted by Crippen LogP contribution is -2.31. The maximum Gasteiger partial charge on any atom is 0.339 e. The number of fused-ring (bicyclic) bond motifs is 1. The Morgan fingerprint density at radius 1 is 0.920 bits per heavy atom. The molecule has 0 saturated heterocycles. The van der Waals surface area contributed by atoms with Gasteiger partial charge in [-0.25, -0.2) is 4.79 Å². The largest absolute Gasteiger partial charge is 0.452 e. The summed E-state index contributed by atoms with van der Waals surface area (Å²) in [5.41, 5.74) is 1.46. The summed E-state index contributed by atoms with van der Waals surface area (Å²) >= 11 is 0. The molecule has 0 fully saturated rings. The lowest BCUT2D eigenvalue weighted by atomic mass is 10.1. The van der Waals surface area contributed by atoms with Gasteiger partial charge in [-0.05, 0) is 29.3 Å². The quantitative estimate of drug-likeness (QED) is 0.721. The number of esters is 1. The van der Waals surface area contributed by atoms with Crippen molar-refractivity contribution in [3.05, 3.63) is 83.9 Å². The molecule has 3 rings (SSSR count). The monoisotopic (exact) mass is 333 g/mol. The van der Waals surface area contributed by atoms with E-state index in [1.807, 2.05) is 67.6 Å². The first kappa shape index (κ1) is 16.7. The zero-order valence-electron chi connectivity index (χ0n) is 13.9. The van der Waals surface area contributed by atoms with Crippen molar-refractivity contribution < 1.29 is 14.3 Å². The lowest BCUT2D eigenvalue weighted by molar-refractivity contribution is -0.124. The van der Waals surface area contributed by atoms with Gasteiger partial charge in [-0.3, -0.25) is 4.79 Å². The number of benzene rings is 3. The molecule has 0 bridgehead atoms. The molecule has 0 saturated carbocycles. The van der Waals surface area contributed by atoms with Gasteiger partial charge in [0.15, 0.2) is 6.61 Å². The molecule has 4 nitrogen and oxygen atoms in total. The van der Waals surface area contributed by atoms with Crippen molar-refractivity contribution in [2.24, 2.45) is 0 Å². The van der Waals surface area contributed by atoms with Crippen molar-refractivity contribution in [1.29, 1.82) is 0 Å². The fourth-order valence-corrected chi connectivity index (χ4v) is 2.72. The Kier molecular flexibility index (Phi) is 5.09. The zero-order chi connectivity index (χ0) is 17.6. The maximum absolute atomic E-state index is 12.3. The maximum atomic E-state index is 12.3. The van der Waals surface area contributed by atoms with Gasteiger partial charge < -0.3 is 10.1 Å². The van der Waals surface area contributed by atoms with Crippen LogP contribution in [0.5, 0.6) is 0 Å². The van der Waals surface area contributed by atoms with Gasteiger partial charge in [0, 0.05) is 0 Å². The van der Waals surface area contributed by atoms with Gasteiger partial charge in [0.25, 0.3) is 5.91 Å². The van der Waals surface area contributed by atoms with Crippen molar-refractivity contribution in [3.63, 3.8) is 0 Å². The number of hydrogen-bond donors (Lipinski definition) is 1. The molecule has 1 unspecified atom stereocenters. The highest BCUT2D eigenvalue weighted by Gasteiger charge is 2.14. The van der Waals surface area contributed by atoms with E-state index in [1.54, 1.807) is 12.1 Å². The van der Waals surface area contributed by atoms with E-state index in [9.17, 15) is 9.59 Å². The topological polar surface area (TPSA) is 55.4 Å². The van der Waals surface area contributed by atoms with Crippen LogP contribution in [0.2, 0.25) is 0 Å². The molecule has 126 valence electrons. The van der Waals surface area contributed by atoms with Gasteiger partial charge in [-0.1, -0.05) is 66.7 Å². The first-order valence-electron chi connectivity index (χ1n) is 8.14. The van der Waals surface area contributed by atoms with Crippen molar-refractivity contribution in [2.75, 3.05) is 6.61 Å². The van der Waals surface area contributed by atoms with Gasteiger partial charge in [-0.15, -0.1) is 0 Å². The highest BCUT2D eigenvalue weighted by atomic mass is 16.5. The molecule has 25 heavy (non-hydrogen) atoms. The van der Waals surface area contributed by atoms with Crippen LogP contribution in [-0.4, -0.2) is 18.5 Å². The molecule has 0 aliphatic rings. The van der Waals surface area contributed by atoms with E-state index in [0.717, 1.165) is 16.3 Å². The third kappa shape index (κ3) is 4.04. The fourth-order valence-electron chi connectivity index (χ4n) is 2.72. The number of hydrogen-bond acceptors (Lipinski definition) is 3. The van der Waals surface area contributed by atoms with E-state index in [0.29, 0.717) is 5.56 Å². The minimum Gasteiger partial charge on any atom is -0.452 e. The first-order valence-corrected chi connectivity index (χ1v) is 8.14. The van der Waals surface area contributed by atoms with Crippen molar-refractivity contribution in [1.82, 2.24) is 5.32 Å². The summed E-state index contributed by atoms with van der Waals surface area (Å²) in [6, 6.07) is 22.5. The summed E-state index contributed by atoms with van der Waals surface area (Å²) < 4.78 is 5.18. The standard InChI is InChI=1S/C21H19NO3/c1-15(16-8-3-2-4-9-16)22-20(23)14-25-21(24)19-13-7-11-17-10-5-6-12-18(17)19/h2-13,15H,14H2,1H3,(H,22,23). The highest BCUT2D eigenvalue weighted by Crippen LogP contribution is 2.19. The van der Waals surface area contributed by atoms with E-state index in [2.05, 4.69) is 5.32 Å². The molecule has 0 radical (unpaired) electrons. The van der Waals surface area contributed by atoms with Crippen LogP contribution < -0.4 is 5.32 Å². The third-order valence-electron chi connectivity index (χ3n) is 4.02. The summed E-state index contributed by atoms with van der Waals surface area (Å²) in [5.74, 6) is -0.829. The molecule has 4 heteroatoms. The number of nitrogens with one attached hydrogen (secondary N) is 1. The van der Waals surface area contributed by atoms with Crippen LogP contribution in [0.3, 0.4) is 0 Å². The van der Waals surface area contributed by atoms with E-state index >= 15 is 0 Å². The average molecular weight is 333 g/mol. The summed E-state index contributed by atoms with van der Waals surface area (Å²) in [5, 5.41) is 4.59. The van der Waals surface area contributed by atoms with Crippen LogP contribution in [0.25, 0.3) is 10.8 Å². The second-order valence-corrected chi connectivity index (χ2v) is 5.80. The van der Waals surface area contributed by atoms with Crippen LogP contribution in [-0.2, 0) is 9.53 Å². The van der Waals surface area contributed by atoms with Crippen LogP contribution in [0, 0.1) is 0 Å². The average Bonchev–Trinajstić information content (AvgIpc) is 2.66. The molecule has 1 amide bonds. The molecule has 0 aliphatic carbocycles. The molecule has 0 heterocycles. The predicted octanol–water partition coefficient (Wildman–Crippen LogP) is 3.87. The van der Waals surface area contributed by atoms with Crippen LogP contribution in [0.4, 0.5) is 0 Å². The molecule has 3 aromatic carbocycles. The molecule has 0 spiro atoms. The second kappa shape index (κ2) is 7.62. The third-order valence-corrected chi connectivity index (χ3v) is 4.02. The van der Waals surface area contributed by atoms with Gasteiger partial charge in [0.2, 0.25) is 0 Å². The van der Waals surface area contributed by atoms with Crippen molar-refractivity contribution in [2.45, 2.75) is 13.0 Å². The van der Waals surface area contributed by atoms with Gasteiger partial charge in [0.1, 0.15) is 0 Å². The summed E-state index contributed by atoms with van der Waals surface area (Å²) in [7, 11) is 0. The lowest BCUT2D eigenvalue weighted by Gasteiger charge is -2.14. The van der Waals surface area contributed by atoms with Gasteiger partial charge in [-0.2, -0.15) is 0 Å². The molecule has 1 atom stereocenters. The normalized spacial score (nSPS) is 11.7. The number of amides is 1. The zero-order valence-corrected chi connectivity index (χ0v) is 13.9. The summed E-state index contributed by atoms with van der Waals surface area (Å²) in [6.07, 6.45) is 0. The molecule has 1 N–H and O–H groups in total. The van der Waals surface area contributed by atoms with Crippen LogP contribution in [0.15, 0.2) is 72.8 Å². The fraction of sp³-hybridized carbons (Fsp3) is 0.143. The highest BCUT2D eigenvalue weighted by molar-refractivity contribution is 6.04. The Labute approximate surface area is 146 Å². The number of rotatable bonds is 5. The minimum absolute atomic E-state index is 0.148. The first-order chi connectivity index (χ1) is 12.1. The Hall–Kier alpha value is -3.14. The Morgan fingerprint density at radius 3 is 2.40 bits per heavy atom. The van der Waals surface area contributed by atoms with E-state index < -0.39 is 5.97 Å². The van der Waals surface area contributed by atoms with Crippen molar-refractivity contribution in [3.8, 4) is 0 Å². The Morgan fingerprint density at radius 2 is 1.60 bits per heavy atom. The smallest absolute Gasteiger partial charge is 0.339 e. The number of carbonyl (C=O) groups excluding carboxylic acids is 2. The van der Waals surface area contributed by atoms with E-state index in [1.165, 1.54) is 0 Å². The Bertz CT molecular complexity index is 885. The molecule has 3 aromatic rings. The molecular formula is C21H19NO3. The van der Waals surface area contributed by atoms with Crippen LogP contribution >= 0.6 is 0 Å². The Balaban J connectivity index is 1.61. The molecular weight excluding hydrogens is 314 g/mol. The van der Waals surface area contributed by atoms with Crippen LogP contribution in [0.1, 0.15) is 28.9 Å². The predicted molar refractivity (Wildman–Crippen MR) is 97.2 cm³/mol. The molecule has 0 aromatic heterocycles. The van der Waals surface area contributed by atoms with Gasteiger partial charge >= 0.3 is 5.97 Å². The number of carbonyl (C=O) groups is 2. The van der Waals surface area contributed by atoms with E-state index in [4.69, 9.17) is 4.74 Å². The SMILES string of the molecule is CC(NC(=O)COC(=O)c1cccc2ccccc12)c1ccccc1. The minimum atomic E-state index is -0.501. The van der Waals surface area contributed by atoms with Crippen molar-refractivity contribution >= 4 is 22.6 Å². The number of ether oxygens (including phenoxy) is 1.